The van der Waals surface area contributed by atoms with Gasteiger partial charge in [-0.15, -0.1) is 0 Å². The van der Waals surface area contributed by atoms with E-state index in [0.29, 0.717) is 22.8 Å². The van der Waals surface area contributed by atoms with Crippen molar-refractivity contribution in [1.82, 2.24) is 9.88 Å². The number of fused-ring (bicyclic) bond motifs is 3. The monoisotopic (exact) mass is 432 g/mol. The zero-order valence-corrected chi connectivity index (χ0v) is 18.1. The lowest BCUT2D eigenvalue weighted by Gasteiger charge is -2.17. The Hall–Kier alpha value is -3.91. The number of pyridine rings is 1. The van der Waals surface area contributed by atoms with Crippen LogP contribution in [-0.2, 0) is 9.59 Å². The molecule has 0 aliphatic heterocycles. The number of benzene rings is 2. The summed E-state index contributed by atoms with van der Waals surface area (Å²) < 4.78 is 11.4. The van der Waals surface area contributed by atoms with E-state index < -0.39 is 0 Å². The molecule has 0 unspecified atom stereocenters. The number of ether oxygens (including phenoxy) is 1. The molecule has 4 aromatic rings. The summed E-state index contributed by atoms with van der Waals surface area (Å²) in [7, 11) is 3.25. The zero-order valence-electron chi connectivity index (χ0n) is 18.1. The summed E-state index contributed by atoms with van der Waals surface area (Å²) in [5, 5.41) is 7.47. The maximum absolute atomic E-state index is 12.6. The van der Waals surface area contributed by atoms with Crippen molar-refractivity contribution in [3.63, 3.8) is 0 Å². The maximum atomic E-state index is 12.6. The topological polar surface area (TPSA) is 96.7 Å². The van der Waals surface area contributed by atoms with E-state index in [-0.39, 0.29) is 24.9 Å². The summed E-state index contributed by atoms with van der Waals surface area (Å²) >= 11 is 0. The van der Waals surface area contributed by atoms with Gasteiger partial charge in [-0.1, -0.05) is 24.3 Å². The highest BCUT2D eigenvalue weighted by Gasteiger charge is 2.16. The number of furan rings is 1. The van der Waals surface area contributed by atoms with Gasteiger partial charge in [0.05, 0.1) is 25.9 Å². The Bertz CT molecular complexity index is 1300. The molecule has 4 rings (SSSR count). The molecule has 0 aliphatic carbocycles. The number of carbonyl (C=O) groups is 2. The van der Waals surface area contributed by atoms with Crippen molar-refractivity contribution in [1.29, 1.82) is 0 Å². The minimum absolute atomic E-state index is 0.0238. The van der Waals surface area contributed by atoms with Gasteiger partial charge in [-0.05, 0) is 38.2 Å². The highest BCUT2D eigenvalue weighted by atomic mass is 16.5. The number of methoxy groups -OCH3 is 1. The van der Waals surface area contributed by atoms with E-state index in [1.54, 1.807) is 31.2 Å². The smallest absolute Gasteiger partial charge is 0.239 e. The first-order valence-corrected chi connectivity index (χ1v) is 10.1. The SMILES string of the molecule is COc1cc2c(cc1NC(=O)CN(C)CC(=O)Nc1cccc(C)n1)oc1ccccc12. The van der Waals surface area contributed by atoms with Crippen LogP contribution in [0.25, 0.3) is 21.9 Å². The predicted octanol–water partition coefficient (Wildman–Crippen LogP) is 3.81. The largest absolute Gasteiger partial charge is 0.495 e. The van der Waals surface area contributed by atoms with Gasteiger partial charge in [-0.3, -0.25) is 14.5 Å². The summed E-state index contributed by atoms with van der Waals surface area (Å²) in [5.41, 5.74) is 2.74. The second kappa shape index (κ2) is 9.07. The minimum Gasteiger partial charge on any atom is -0.495 e. The molecule has 2 aromatic carbocycles. The Labute approximate surface area is 185 Å². The van der Waals surface area contributed by atoms with E-state index in [1.165, 1.54) is 0 Å². The van der Waals surface area contributed by atoms with Crippen molar-refractivity contribution < 1.29 is 18.7 Å². The Morgan fingerprint density at radius 3 is 2.47 bits per heavy atom. The summed E-state index contributed by atoms with van der Waals surface area (Å²) in [6.45, 7) is 1.92. The molecular weight excluding hydrogens is 408 g/mol. The molecule has 2 aromatic heterocycles. The fourth-order valence-electron chi connectivity index (χ4n) is 3.55. The molecule has 8 nitrogen and oxygen atoms in total. The molecule has 0 spiro atoms. The van der Waals surface area contributed by atoms with Crippen LogP contribution in [-0.4, -0.2) is 48.9 Å². The van der Waals surface area contributed by atoms with Crippen molar-refractivity contribution in [3.05, 3.63) is 60.3 Å². The summed E-state index contributed by atoms with van der Waals surface area (Å²) in [5.74, 6) is 0.488. The molecule has 0 saturated heterocycles. The van der Waals surface area contributed by atoms with Gasteiger partial charge in [0.15, 0.2) is 0 Å². The number of aromatic nitrogens is 1. The number of hydrogen-bond acceptors (Lipinski definition) is 6. The highest BCUT2D eigenvalue weighted by Crippen LogP contribution is 2.36. The molecule has 164 valence electrons. The third-order valence-corrected chi connectivity index (χ3v) is 4.96. The average Bonchev–Trinajstić information content (AvgIpc) is 3.10. The second-order valence-corrected chi connectivity index (χ2v) is 7.58. The first-order chi connectivity index (χ1) is 15.4. The van der Waals surface area contributed by atoms with Gasteiger partial charge < -0.3 is 19.8 Å². The number of amides is 2. The first-order valence-electron chi connectivity index (χ1n) is 10.1. The first kappa shape index (κ1) is 21.3. The van der Waals surface area contributed by atoms with Crippen LogP contribution < -0.4 is 15.4 Å². The van der Waals surface area contributed by atoms with E-state index in [2.05, 4.69) is 15.6 Å². The van der Waals surface area contributed by atoms with Gasteiger partial charge in [0, 0.05) is 22.5 Å². The van der Waals surface area contributed by atoms with Crippen LogP contribution in [0.1, 0.15) is 5.69 Å². The molecule has 0 saturated carbocycles. The molecule has 0 atom stereocenters. The number of para-hydroxylation sites is 1. The number of likely N-dealkylation sites (N-methyl/N-ethyl adjacent to an activating group) is 1. The normalized spacial score (nSPS) is 11.1. The van der Waals surface area contributed by atoms with E-state index >= 15 is 0 Å². The molecule has 8 heteroatoms. The van der Waals surface area contributed by atoms with Crippen LogP contribution in [0.4, 0.5) is 11.5 Å². The maximum Gasteiger partial charge on any atom is 0.239 e. The Balaban J connectivity index is 1.41. The Morgan fingerprint density at radius 1 is 0.969 bits per heavy atom. The number of nitrogens with zero attached hydrogens (tertiary/aromatic N) is 2. The third kappa shape index (κ3) is 4.70. The quantitative estimate of drug-likeness (QED) is 0.461. The van der Waals surface area contributed by atoms with Crippen molar-refractivity contribution in [2.24, 2.45) is 0 Å². The van der Waals surface area contributed by atoms with Crippen LogP contribution in [0.5, 0.6) is 5.75 Å². The molecule has 32 heavy (non-hydrogen) atoms. The number of nitrogens with one attached hydrogen (secondary N) is 2. The van der Waals surface area contributed by atoms with Crippen LogP contribution in [0, 0.1) is 6.92 Å². The number of rotatable bonds is 7. The number of carbonyl (C=O) groups excluding carboxylic acids is 2. The Morgan fingerprint density at radius 2 is 1.72 bits per heavy atom. The van der Waals surface area contributed by atoms with Crippen LogP contribution >= 0.6 is 0 Å². The van der Waals surface area contributed by atoms with Crippen LogP contribution in [0.2, 0.25) is 0 Å². The molecule has 2 heterocycles. The number of aryl methyl sites for hydroxylation is 1. The van der Waals surface area contributed by atoms with Crippen LogP contribution in [0.15, 0.2) is 59.0 Å². The Kier molecular flexibility index (Phi) is 6.04. The van der Waals surface area contributed by atoms with E-state index in [9.17, 15) is 9.59 Å². The molecule has 0 fully saturated rings. The van der Waals surface area contributed by atoms with Crippen molar-refractivity contribution in [2.75, 3.05) is 37.9 Å². The fraction of sp³-hybridized carbons (Fsp3) is 0.208. The lowest BCUT2D eigenvalue weighted by Crippen LogP contribution is -2.36. The molecule has 2 amide bonds. The van der Waals surface area contributed by atoms with Gasteiger partial charge in [-0.2, -0.15) is 0 Å². The molecule has 0 aliphatic rings. The van der Waals surface area contributed by atoms with Gasteiger partial charge in [0.2, 0.25) is 11.8 Å². The van der Waals surface area contributed by atoms with Gasteiger partial charge in [0.25, 0.3) is 0 Å². The minimum atomic E-state index is -0.275. The summed E-state index contributed by atoms with van der Waals surface area (Å²) in [6.07, 6.45) is 0. The lowest BCUT2D eigenvalue weighted by molar-refractivity contribution is -0.119. The van der Waals surface area contributed by atoms with E-state index in [4.69, 9.17) is 9.15 Å². The third-order valence-electron chi connectivity index (χ3n) is 4.96. The standard InChI is InChI=1S/C24H24N4O4/c1-15-7-6-10-22(25-15)27-24(30)14-28(2)13-23(29)26-18-12-20-17(11-21(18)31-3)16-8-4-5-9-19(16)32-20/h4-12H,13-14H2,1-3H3,(H,26,29)(H,25,27,30). The summed E-state index contributed by atoms with van der Waals surface area (Å²) in [6, 6.07) is 16.7. The molecular formula is C24H24N4O4. The van der Waals surface area contributed by atoms with Crippen LogP contribution in [0.3, 0.4) is 0 Å². The van der Waals surface area contributed by atoms with E-state index in [1.807, 2.05) is 49.4 Å². The van der Waals surface area contributed by atoms with Crippen molar-refractivity contribution in [2.45, 2.75) is 6.92 Å². The number of hydrogen-bond donors (Lipinski definition) is 2. The predicted molar refractivity (Wildman–Crippen MR) is 124 cm³/mol. The van der Waals surface area contributed by atoms with Crippen molar-refractivity contribution in [3.8, 4) is 5.75 Å². The fourth-order valence-corrected chi connectivity index (χ4v) is 3.55. The molecule has 0 bridgehead atoms. The van der Waals surface area contributed by atoms with E-state index in [0.717, 1.165) is 22.0 Å². The molecule has 0 radical (unpaired) electrons. The van der Waals surface area contributed by atoms with Gasteiger partial charge in [-0.25, -0.2) is 4.98 Å². The van der Waals surface area contributed by atoms with Gasteiger partial charge >= 0.3 is 0 Å². The summed E-state index contributed by atoms with van der Waals surface area (Å²) in [4.78, 5) is 30.7. The van der Waals surface area contributed by atoms with Crippen molar-refractivity contribution >= 4 is 45.3 Å². The zero-order chi connectivity index (χ0) is 22.7. The van der Waals surface area contributed by atoms with Gasteiger partial charge in [0.1, 0.15) is 22.7 Å². The lowest BCUT2D eigenvalue weighted by atomic mass is 10.1. The highest BCUT2D eigenvalue weighted by molar-refractivity contribution is 6.08. The average molecular weight is 432 g/mol. The number of anilines is 2. The second-order valence-electron chi connectivity index (χ2n) is 7.58. The molecule has 2 N–H and O–H groups in total.